The smallest absolute Gasteiger partial charge is 0.275 e. The largest absolute Gasteiger partial charge is 0.382 e. The Hall–Kier alpha value is -1.10. The van der Waals surface area contributed by atoms with Crippen LogP contribution in [0.25, 0.3) is 0 Å². The number of aryl methyl sites for hydroxylation is 1. The molecule has 5 heteroatoms. The fourth-order valence-corrected chi connectivity index (χ4v) is 1.31. The van der Waals surface area contributed by atoms with E-state index in [-0.39, 0.29) is 5.91 Å². The van der Waals surface area contributed by atoms with Crippen LogP contribution >= 0.6 is 11.6 Å². The van der Waals surface area contributed by atoms with Crippen LogP contribution in [0, 0.1) is 6.92 Å². The molecule has 0 saturated carbocycles. The topological polar surface area (TPSA) is 47.6 Å². The molecule has 0 aliphatic rings. The number of hydrogen-bond donors (Lipinski definition) is 1. The third-order valence-electron chi connectivity index (χ3n) is 2.00. The van der Waals surface area contributed by atoms with Crippen molar-refractivity contribution in [3.8, 4) is 0 Å². The Labute approximate surface area is 99.5 Å². The summed E-state index contributed by atoms with van der Waals surface area (Å²) in [5, 5.41) is 0.521. The Balaban J connectivity index is 2.55. The van der Waals surface area contributed by atoms with E-state index < -0.39 is 0 Å². The molecule has 88 valence electrons. The van der Waals surface area contributed by atoms with Crippen LogP contribution in [0.2, 0.25) is 5.02 Å². The number of ether oxygens (including phenoxy) is 1. The highest BCUT2D eigenvalue weighted by Gasteiger charge is 2.09. The van der Waals surface area contributed by atoms with Gasteiger partial charge in [0.25, 0.3) is 5.91 Å². The average Bonchev–Trinajstić information content (AvgIpc) is 2.27. The molecular formula is C11H14ClNO3. The van der Waals surface area contributed by atoms with Crippen LogP contribution in [0.5, 0.6) is 0 Å². The molecule has 0 saturated heterocycles. The Morgan fingerprint density at radius 2 is 2.19 bits per heavy atom. The molecule has 0 fully saturated rings. The normalized spacial score (nSPS) is 10.2. The predicted octanol–water partition coefficient (Wildman–Crippen LogP) is 1.96. The molecule has 1 aromatic rings. The summed E-state index contributed by atoms with van der Waals surface area (Å²) in [7, 11) is 1.56. The van der Waals surface area contributed by atoms with Gasteiger partial charge in [0.2, 0.25) is 0 Å². The van der Waals surface area contributed by atoms with E-state index in [0.29, 0.717) is 23.8 Å². The summed E-state index contributed by atoms with van der Waals surface area (Å²) >= 11 is 5.80. The predicted molar refractivity (Wildman–Crippen MR) is 61.5 cm³/mol. The zero-order chi connectivity index (χ0) is 12.0. The maximum atomic E-state index is 11.6. The van der Waals surface area contributed by atoms with Gasteiger partial charge < -0.3 is 4.74 Å². The van der Waals surface area contributed by atoms with E-state index in [0.717, 1.165) is 5.56 Å². The molecule has 0 spiro atoms. The van der Waals surface area contributed by atoms with Crippen molar-refractivity contribution in [3.05, 3.63) is 34.3 Å². The Morgan fingerprint density at radius 1 is 1.44 bits per heavy atom. The number of carbonyl (C=O) groups excluding carboxylic acids is 1. The van der Waals surface area contributed by atoms with Crippen LogP contribution in [0.4, 0.5) is 0 Å². The molecule has 0 aliphatic carbocycles. The van der Waals surface area contributed by atoms with Gasteiger partial charge in [0.15, 0.2) is 0 Å². The number of rotatable bonds is 5. The summed E-state index contributed by atoms with van der Waals surface area (Å²) in [4.78, 5) is 16.6. The summed E-state index contributed by atoms with van der Waals surface area (Å²) in [5.74, 6) is -0.309. The molecule has 0 radical (unpaired) electrons. The van der Waals surface area contributed by atoms with Crippen molar-refractivity contribution in [1.82, 2.24) is 5.48 Å². The molecule has 1 N–H and O–H groups in total. The van der Waals surface area contributed by atoms with Gasteiger partial charge in [-0.15, -0.1) is 0 Å². The third kappa shape index (κ3) is 3.81. The lowest BCUT2D eigenvalue weighted by Crippen LogP contribution is -2.26. The molecular weight excluding hydrogens is 230 g/mol. The van der Waals surface area contributed by atoms with Crippen LogP contribution in [0.1, 0.15) is 15.9 Å². The number of methoxy groups -OCH3 is 1. The monoisotopic (exact) mass is 243 g/mol. The van der Waals surface area contributed by atoms with E-state index in [4.69, 9.17) is 21.2 Å². The first-order valence-electron chi connectivity index (χ1n) is 4.82. The zero-order valence-electron chi connectivity index (χ0n) is 9.25. The Kier molecular flexibility index (Phi) is 5.25. The average molecular weight is 244 g/mol. The first kappa shape index (κ1) is 13.0. The quantitative estimate of drug-likeness (QED) is 0.635. The standard InChI is InChI=1S/C11H14ClNO3/c1-8-3-4-9(12)7-10(8)11(14)13-16-6-5-15-2/h3-4,7H,5-6H2,1-2H3,(H,13,14). The van der Waals surface area contributed by atoms with Crippen LogP contribution in [-0.4, -0.2) is 26.2 Å². The summed E-state index contributed by atoms with van der Waals surface area (Å²) < 4.78 is 4.77. The molecule has 0 bridgehead atoms. The van der Waals surface area contributed by atoms with E-state index in [9.17, 15) is 4.79 Å². The maximum Gasteiger partial charge on any atom is 0.275 e. The highest BCUT2D eigenvalue weighted by Crippen LogP contribution is 2.15. The first-order chi connectivity index (χ1) is 7.65. The highest BCUT2D eigenvalue weighted by molar-refractivity contribution is 6.31. The summed E-state index contributed by atoms with van der Waals surface area (Å²) in [6.07, 6.45) is 0. The Bertz CT molecular complexity index is 368. The number of halogens is 1. The molecule has 0 atom stereocenters. The molecule has 16 heavy (non-hydrogen) atoms. The van der Waals surface area contributed by atoms with Crippen molar-refractivity contribution >= 4 is 17.5 Å². The van der Waals surface area contributed by atoms with E-state index in [1.165, 1.54) is 0 Å². The van der Waals surface area contributed by atoms with E-state index >= 15 is 0 Å². The van der Waals surface area contributed by atoms with Crippen LogP contribution in [0.15, 0.2) is 18.2 Å². The number of benzene rings is 1. The second-order valence-electron chi connectivity index (χ2n) is 3.23. The number of carbonyl (C=O) groups is 1. The first-order valence-corrected chi connectivity index (χ1v) is 5.20. The minimum absolute atomic E-state index is 0.307. The zero-order valence-corrected chi connectivity index (χ0v) is 10.0. The van der Waals surface area contributed by atoms with Gasteiger partial charge in [-0.3, -0.25) is 9.63 Å². The van der Waals surface area contributed by atoms with Crippen LogP contribution < -0.4 is 5.48 Å². The van der Waals surface area contributed by atoms with Gasteiger partial charge in [-0.05, 0) is 24.6 Å². The van der Waals surface area contributed by atoms with Crippen molar-refractivity contribution in [2.75, 3.05) is 20.3 Å². The number of nitrogens with one attached hydrogen (secondary N) is 1. The second kappa shape index (κ2) is 6.48. The molecule has 1 rings (SSSR count). The van der Waals surface area contributed by atoms with Crippen LogP contribution in [-0.2, 0) is 9.57 Å². The fraction of sp³-hybridized carbons (Fsp3) is 0.364. The van der Waals surface area contributed by atoms with Crippen molar-refractivity contribution in [1.29, 1.82) is 0 Å². The van der Waals surface area contributed by atoms with Crippen molar-refractivity contribution in [2.24, 2.45) is 0 Å². The summed E-state index contributed by atoms with van der Waals surface area (Å²) in [5.41, 5.74) is 3.67. The Morgan fingerprint density at radius 3 is 2.88 bits per heavy atom. The molecule has 0 unspecified atom stereocenters. The highest BCUT2D eigenvalue weighted by atomic mass is 35.5. The van der Waals surface area contributed by atoms with E-state index in [2.05, 4.69) is 5.48 Å². The van der Waals surface area contributed by atoms with Crippen molar-refractivity contribution in [2.45, 2.75) is 6.92 Å². The van der Waals surface area contributed by atoms with Crippen molar-refractivity contribution in [3.63, 3.8) is 0 Å². The molecule has 0 heterocycles. The molecule has 1 aromatic carbocycles. The van der Waals surface area contributed by atoms with Crippen LogP contribution in [0.3, 0.4) is 0 Å². The van der Waals surface area contributed by atoms with Crippen molar-refractivity contribution < 1.29 is 14.4 Å². The molecule has 0 aromatic heterocycles. The number of amides is 1. The lowest BCUT2D eigenvalue weighted by atomic mass is 10.1. The second-order valence-corrected chi connectivity index (χ2v) is 3.67. The summed E-state index contributed by atoms with van der Waals surface area (Å²) in [6, 6.07) is 5.12. The minimum Gasteiger partial charge on any atom is -0.382 e. The molecule has 1 amide bonds. The van der Waals surface area contributed by atoms with Gasteiger partial charge in [0, 0.05) is 17.7 Å². The molecule has 0 aliphatic heterocycles. The van der Waals surface area contributed by atoms with Gasteiger partial charge in [-0.1, -0.05) is 17.7 Å². The van der Waals surface area contributed by atoms with Gasteiger partial charge in [0.1, 0.15) is 0 Å². The van der Waals surface area contributed by atoms with E-state index in [1.54, 1.807) is 25.3 Å². The maximum absolute atomic E-state index is 11.6. The number of hydrogen-bond acceptors (Lipinski definition) is 3. The van der Waals surface area contributed by atoms with E-state index in [1.807, 2.05) is 6.92 Å². The fourth-order valence-electron chi connectivity index (χ4n) is 1.14. The minimum atomic E-state index is -0.309. The van der Waals surface area contributed by atoms with Gasteiger partial charge in [-0.2, -0.15) is 0 Å². The van der Waals surface area contributed by atoms with Gasteiger partial charge in [-0.25, -0.2) is 5.48 Å². The lowest BCUT2D eigenvalue weighted by molar-refractivity contribution is 0.00885. The van der Waals surface area contributed by atoms with Gasteiger partial charge in [0.05, 0.1) is 13.2 Å². The number of hydroxylamine groups is 1. The third-order valence-corrected chi connectivity index (χ3v) is 2.23. The van der Waals surface area contributed by atoms with Gasteiger partial charge >= 0.3 is 0 Å². The molecule has 4 nitrogen and oxygen atoms in total. The SMILES string of the molecule is COCCONC(=O)c1cc(Cl)ccc1C. The lowest BCUT2D eigenvalue weighted by Gasteiger charge is -2.07. The summed E-state index contributed by atoms with van der Waals surface area (Å²) in [6.45, 7) is 2.57.